The van der Waals surface area contributed by atoms with Crippen molar-refractivity contribution in [1.29, 1.82) is 0 Å². The van der Waals surface area contributed by atoms with Gasteiger partial charge in [-0.05, 0) is 46.3 Å². The predicted molar refractivity (Wildman–Crippen MR) is 74.4 cm³/mol. The topological polar surface area (TPSA) is 40.6 Å². The van der Waals surface area contributed by atoms with Gasteiger partial charge in [0.25, 0.3) is 0 Å². The summed E-state index contributed by atoms with van der Waals surface area (Å²) >= 11 is 0. The van der Waals surface area contributed by atoms with E-state index in [2.05, 4.69) is 24.8 Å². The van der Waals surface area contributed by atoms with Gasteiger partial charge in [-0.2, -0.15) is 0 Å². The van der Waals surface area contributed by atoms with Crippen molar-refractivity contribution >= 4 is 11.8 Å². The van der Waals surface area contributed by atoms with Crippen LogP contribution in [-0.4, -0.2) is 48.8 Å². The number of carbonyl (C=O) groups excluding carboxylic acids is 2. The van der Waals surface area contributed by atoms with Crippen molar-refractivity contribution in [2.24, 2.45) is 17.8 Å². The van der Waals surface area contributed by atoms with Crippen LogP contribution in [0.3, 0.4) is 0 Å². The first-order chi connectivity index (χ1) is 8.91. The summed E-state index contributed by atoms with van der Waals surface area (Å²) in [5, 5.41) is 0. The predicted octanol–water partition coefficient (Wildman–Crippen LogP) is 1.53. The SMILES string of the molecule is CC1=C[C@@H](C)[C@@H]2C(=O)N(CCCN(C)C)C(=O)[C@@H]2C1. The maximum Gasteiger partial charge on any atom is 0.233 e. The number of imide groups is 1. The van der Waals surface area contributed by atoms with Crippen LogP contribution < -0.4 is 0 Å². The molecule has 4 heteroatoms. The number of carbonyl (C=O) groups is 2. The average molecular weight is 264 g/mol. The highest BCUT2D eigenvalue weighted by molar-refractivity contribution is 6.05. The van der Waals surface area contributed by atoms with E-state index < -0.39 is 0 Å². The van der Waals surface area contributed by atoms with Crippen LogP contribution in [0.15, 0.2) is 11.6 Å². The number of hydrogen-bond acceptors (Lipinski definition) is 3. The Morgan fingerprint density at radius 3 is 2.63 bits per heavy atom. The fourth-order valence-electron chi connectivity index (χ4n) is 3.35. The maximum absolute atomic E-state index is 12.4. The van der Waals surface area contributed by atoms with Crippen LogP contribution >= 0.6 is 0 Å². The Morgan fingerprint density at radius 1 is 1.32 bits per heavy atom. The zero-order valence-corrected chi connectivity index (χ0v) is 12.3. The van der Waals surface area contributed by atoms with Crippen LogP contribution in [0, 0.1) is 17.8 Å². The summed E-state index contributed by atoms with van der Waals surface area (Å²) in [4.78, 5) is 28.4. The number of likely N-dealkylation sites (tertiary alicyclic amines) is 1. The Morgan fingerprint density at radius 2 is 2.00 bits per heavy atom. The van der Waals surface area contributed by atoms with Crippen molar-refractivity contribution in [2.45, 2.75) is 26.7 Å². The van der Waals surface area contributed by atoms with E-state index in [0.717, 1.165) is 19.4 Å². The largest absolute Gasteiger partial charge is 0.309 e. The standard InChI is InChI=1S/C15H24N2O2/c1-10-8-11(2)13-12(9-10)14(18)17(15(13)19)7-5-6-16(3)4/h8,11-13H,5-7,9H2,1-4H3/t11-,12-,13+/m1/s1. The van der Waals surface area contributed by atoms with Gasteiger partial charge in [-0.1, -0.05) is 18.6 Å². The molecule has 2 amide bonds. The lowest BCUT2D eigenvalue weighted by Gasteiger charge is -2.25. The molecule has 1 aliphatic carbocycles. The lowest BCUT2D eigenvalue weighted by Crippen LogP contribution is -2.34. The molecule has 106 valence electrons. The number of nitrogens with zero attached hydrogens (tertiary/aromatic N) is 2. The highest BCUT2D eigenvalue weighted by Gasteiger charge is 2.50. The Hall–Kier alpha value is -1.16. The van der Waals surface area contributed by atoms with Gasteiger partial charge >= 0.3 is 0 Å². The van der Waals surface area contributed by atoms with Crippen molar-refractivity contribution in [3.63, 3.8) is 0 Å². The van der Waals surface area contributed by atoms with Crippen LogP contribution in [0.25, 0.3) is 0 Å². The zero-order valence-electron chi connectivity index (χ0n) is 12.3. The van der Waals surface area contributed by atoms with E-state index in [1.165, 1.54) is 10.5 Å². The molecule has 2 rings (SSSR count). The molecule has 0 N–H and O–H groups in total. The number of rotatable bonds is 4. The number of amides is 2. The van der Waals surface area contributed by atoms with Gasteiger partial charge in [0, 0.05) is 6.54 Å². The van der Waals surface area contributed by atoms with Gasteiger partial charge in [-0.25, -0.2) is 0 Å². The fourth-order valence-corrected chi connectivity index (χ4v) is 3.35. The first-order valence-corrected chi connectivity index (χ1v) is 7.09. The van der Waals surface area contributed by atoms with Gasteiger partial charge in [0.2, 0.25) is 11.8 Å². The lowest BCUT2D eigenvalue weighted by molar-refractivity contribution is -0.140. The van der Waals surface area contributed by atoms with E-state index in [9.17, 15) is 9.59 Å². The molecular weight excluding hydrogens is 240 g/mol. The minimum Gasteiger partial charge on any atom is -0.309 e. The Balaban J connectivity index is 2.06. The highest BCUT2D eigenvalue weighted by Crippen LogP contribution is 2.40. The second kappa shape index (κ2) is 5.45. The van der Waals surface area contributed by atoms with Crippen molar-refractivity contribution in [3.8, 4) is 0 Å². The first kappa shape index (κ1) is 14.3. The average Bonchev–Trinajstić information content (AvgIpc) is 2.53. The normalized spacial score (nSPS) is 30.9. The third kappa shape index (κ3) is 2.73. The van der Waals surface area contributed by atoms with Crippen molar-refractivity contribution in [2.75, 3.05) is 27.2 Å². The minimum atomic E-state index is -0.115. The Bertz CT molecular complexity index is 414. The van der Waals surface area contributed by atoms with E-state index in [0.29, 0.717) is 6.54 Å². The van der Waals surface area contributed by atoms with E-state index in [1.807, 2.05) is 14.1 Å². The molecule has 2 aliphatic rings. The smallest absolute Gasteiger partial charge is 0.233 e. The summed E-state index contributed by atoms with van der Waals surface area (Å²) in [6, 6.07) is 0. The lowest BCUT2D eigenvalue weighted by atomic mass is 9.76. The molecule has 0 aromatic rings. The molecule has 0 radical (unpaired) electrons. The molecule has 0 saturated carbocycles. The number of hydrogen-bond donors (Lipinski definition) is 0. The summed E-state index contributed by atoms with van der Waals surface area (Å²) in [6.07, 6.45) is 3.75. The van der Waals surface area contributed by atoms with E-state index >= 15 is 0 Å². The van der Waals surface area contributed by atoms with Gasteiger partial charge < -0.3 is 4.90 Å². The van der Waals surface area contributed by atoms with Crippen LogP contribution in [-0.2, 0) is 9.59 Å². The van der Waals surface area contributed by atoms with Crippen molar-refractivity contribution in [1.82, 2.24) is 9.80 Å². The monoisotopic (exact) mass is 264 g/mol. The highest BCUT2D eigenvalue weighted by atomic mass is 16.2. The maximum atomic E-state index is 12.4. The molecule has 0 aromatic carbocycles. The second-order valence-electron chi connectivity index (χ2n) is 6.19. The molecule has 19 heavy (non-hydrogen) atoms. The third-order valence-corrected chi connectivity index (χ3v) is 4.21. The van der Waals surface area contributed by atoms with Crippen LogP contribution in [0.1, 0.15) is 26.7 Å². The van der Waals surface area contributed by atoms with Crippen LogP contribution in [0.5, 0.6) is 0 Å². The third-order valence-electron chi connectivity index (χ3n) is 4.21. The molecule has 1 aliphatic heterocycles. The number of fused-ring (bicyclic) bond motifs is 1. The molecule has 3 atom stereocenters. The summed E-state index contributed by atoms with van der Waals surface area (Å²) < 4.78 is 0. The van der Waals surface area contributed by atoms with Gasteiger partial charge in [0.1, 0.15) is 0 Å². The van der Waals surface area contributed by atoms with Crippen LogP contribution in [0.4, 0.5) is 0 Å². The molecule has 1 saturated heterocycles. The zero-order chi connectivity index (χ0) is 14.2. The molecule has 1 heterocycles. The quantitative estimate of drug-likeness (QED) is 0.571. The molecule has 0 unspecified atom stereocenters. The summed E-state index contributed by atoms with van der Waals surface area (Å²) in [5.41, 5.74) is 1.24. The Labute approximate surface area is 115 Å². The van der Waals surface area contributed by atoms with Gasteiger partial charge in [-0.3, -0.25) is 14.5 Å². The van der Waals surface area contributed by atoms with Crippen molar-refractivity contribution in [3.05, 3.63) is 11.6 Å². The van der Waals surface area contributed by atoms with Gasteiger partial charge in [0.15, 0.2) is 0 Å². The molecule has 0 aromatic heterocycles. The molecule has 1 fully saturated rings. The molecule has 4 nitrogen and oxygen atoms in total. The summed E-state index contributed by atoms with van der Waals surface area (Å²) in [7, 11) is 4.01. The van der Waals surface area contributed by atoms with E-state index in [4.69, 9.17) is 0 Å². The minimum absolute atomic E-state index is 0.0463. The van der Waals surface area contributed by atoms with E-state index in [1.54, 1.807) is 0 Å². The van der Waals surface area contributed by atoms with Crippen LogP contribution in [0.2, 0.25) is 0 Å². The molecule has 0 bridgehead atoms. The number of allylic oxidation sites excluding steroid dienone is 2. The van der Waals surface area contributed by atoms with E-state index in [-0.39, 0.29) is 29.6 Å². The van der Waals surface area contributed by atoms with Gasteiger partial charge in [-0.15, -0.1) is 0 Å². The second-order valence-corrected chi connectivity index (χ2v) is 6.19. The molecular formula is C15H24N2O2. The Kier molecular flexibility index (Phi) is 4.09. The first-order valence-electron chi connectivity index (χ1n) is 7.09. The fraction of sp³-hybridized carbons (Fsp3) is 0.733. The summed E-state index contributed by atoms with van der Waals surface area (Å²) in [5.74, 6) is 0.0644. The summed E-state index contributed by atoms with van der Waals surface area (Å²) in [6.45, 7) is 5.57. The van der Waals surface area contributed by atoms with Crippen molar-refractivity contribution < 1.29 is 9.59 Å². The van der Waals surface area contributed by atoms with Gasteiger partial charge in [0.05, 0.1) is 11.8 Å². The molecule has 0 spiro atoms.